The van der Waals surface area contributed by atoms with Crippen molar-refractivity contribution in [2.75, 3.05) is 5.32 Å². The Bertz CT molecular complexity index is 851. The summed E-state index contributed by atoms with van der Waals surface area (Å²) < 4.78 is 14.2. The third-order valence-electron chi connectivity index (χ3n) is 3.36. The summed E-state index contributed by atoms with van der Waals surface area (Å²) in [5, 5.41) is 12.1. The van der Waals surface area contributed by atoms with Gasteiger partial charge in [0.1, 0.15) is 5.82 Å². The SMILES string of the molecule is O=C(O)C1N=C(c2ccccc2F)c2cc(Cl)ccc2NC1=O. The number of benzodiazepines with no additional fused rings is 1. The van der Waals surface area contributed by atoms with Crippen molar-refractivity contribution >= 4 is 34.9 Å². The van der Waals surface area contributed by atoms with Crippen LogP contribution in [0.25, 0.3) is 0 Å². The lowest BCUT2D eigenvalue weighted by Gasteiger charge is -2.11. The van der Waals surface area contributed by atoms with E-state index < -0.39 is 23.7 Å². The Morgan fingerprint density at radius 3 is 2.65 bits per heavy atom. The molecule has 0 aliphatic carbocycles. The lowest BCUT2D eigenvalue weighted by Crippen LogP contribution is -2.32. The van der Waals surface area contributed by atoms with E-state index in [1.165, 1.54) is 30.3 Å². The third-order valence-corrected chi connectivity index (χ3v) is 3.60. The van der Waals surface area contributed by atoms with E-state index in [9.17, 15) is 19.1 Å². The van der Waals surface area contributed by atoms with E-state index in [1.54, 1.807) is 12.1 Å². The molecule has 23 heavy (non-hydrogen) atoms. The lowest BCUT2D eigenvalue weighted by atomic mass is 10.00. The summed E-state index contributed by atoms with van der Waals surface area (Å²) in [4.78, 5) is 27.3. The first-order valence-corrected chi connectivity index (χ1v) is 7.01. The van der Waals surface area contributed by atoms with Crippen LogP contribution in [0.2, 0.25) is 5.02 Å². The average molecular weight is 333 g/mol. The van der Waals surface area contributed by atoms with Gasteiger partial charge in [0.25, 0.3) is 5.91 Å². The molecular weight excluding hydrogens is 323 g/mol. The quantitative estimate of drug-likeness (QED) is 0.830. The molecule has 7 heteroatoms. The van der Waals surface area contributed by atoms with Gasteiger partial charge in [-0.3, -0.25) is 9.79 Å². The summed E-state index contributed by atoms with van der Waals surface area (Å²) in [6.07, 6.45) is 0. The van der Waals surface area contributed by atoms with Gasteiger partial charge in [0.15, 0.2) is 0 Å². The van der Waals surface area contributed by atoms with Crippen LogP contribution in [-0.4, -0.2) is 28.7 Å². The number of aliphatic carboxylic acids is 1. The lowest BCUT2D eigenvalue weighted by molar-refractivity contribution is -0.141. The first kappa shape index (κ1) is 15.2. The minimum absolute atomic E-state index is 0.0614. The van der Waals surface area contributed by atoms with Crippen LogP contribution in [0.1, 0.15) is 11.1 Å². The van der Waals surface area contributed by atoms with Gasteiger partial charge in [-0.25, -0.2) is 9.18 Å². The Morgan fingerprint density at radius 1 is 1.22 bits per heavy atom. The fourth-order valence-electron chi connectivity index (χ4n) is 2.31. The zero-order chi connectivity index (χ0) is 16.6. The zero-order valence-electron chi connectivity index (χ0n) is 11.6. The van der Waals surface area contributed by atoms with E-state index >= 15 is 0 Å². The molecule has 0 saturated heterocycles. The number of nitrogens with zero attached hydrogens (tertiary/aromatic N) is 1. The molecular formula is C16H10ClFN2O3. The van der Waals surface area contributed by atoms with Crippen LogP contribution in [0.3, 0.4) is 0 Å². The van der Waals surface area contributed by atoms with Gasteiger partial charge in [-0.05, 0) is 30.3 Å². The van der Waals surface area contributed by atoms with Gasteiger partial charge >= 0.3 is 5.97 Å². The fraction of sp³-hybridized carbons (Fsp3) is 0.0625. The molecule has 0 bridgehead atoms. The van der Waals surface area contributed by atoms with Crippen LogP contribution in [0, 0.1) is 5.82 Å². The summed E-state index contributed by atoms with van der Waals surface area (Å²) in [5.74, 6) is -2.79. The molecule has 2 aromatic carbocycles. The van der Waals surface area contributed by atoms with Crippen molar-refractivity contribution in [3.05, 3.63) is 64.4 Å². The number of hydrogen-bond acceptors (Lipinski definition) is 3. The summed E-state index contributed by atoms with van der Waals surface area (Å²) in [5.41, 5.74) is 0.843. The highest BCUT2D eigenvalue weighted by Gasteiger charge is 2.31. The molecule has 2 N–H and O–H groups in total. The number of amides is 1. The van der Waals surface area contributed by atoms with E-state index in [0.717, 1.165) is 0 Å². The maximum Gasteiger partial charge on any atom is 0.338 e. The number of anilines is 1. The molecule has 1 aliphatic rings. The molecule has 1 amide bonds. The summed E-state index contributed by atoms with van der Waals surface area (Å²) in [6, 6.07) is 8.71. The van der Waals surface area contributed by atoms with Gasteiger partial charge in [0.2, 0.25) is 6.04 Å². The molecule has 0 fully saturated rings. The number of carboxylic acids is 1. The van der Waals surface area contributed by atoms with Crippen molar-refractivity contribution in [2.24, 2.45) is 4.99 Å². The molecule has 1 atom stereocenters. The summed E-state index contributed by atoms with van der Waals surface area (Å²) in [7, 11) is 0. The van der Waals surface area contributed by atoms with E-state index in [-0.39, 0.29) is 11.3 Å². The van der Waals surface area contributed by atoms with E-state index in [2.05, 4.69) is 10.3 Å². The van der Waals surface area contributed by atoms with Crippen LogP contribution in [0.15, 0.2) is 47.5 Å². The Kier molecular flexibility index (Phi) is 3.83. The molecule has 0 aromatic heterocycles. The van der Waals surface area contributed by atoms with Crippen molar-refractivity contribution < 1.29 is 19.1 Å². The van der Waals surface area contributed by atoms with Gasteiger partial charge in [0.05, 0.1) is 11.4 Å². The maximum atomic E-state index is 14.2. The van der Waals surface area contributed by atoms with Crippen molar-refractivity contribution in [1.29, 1.82) is 0 Å². The minimum atomic E-state index is -1.67. The highest BCUT2D eigenvalue weighted by Crippen LogP contribution is 2.28. The van der Waals surface area contributed by atoms with Crippen LogP contribution in [-0.2, 0) is 9.59 Å². The van der Waals surface area contributed by atoms with Crippen molar-refractivity contribution in [3.63, 3.8) is 0 Å². The maximum absolute atomic E-state index is 14.2. The van der Waals surface area contributed by atoms with Gasteiger partial charge in [-0.15, -0.1) is 0 Å². The molecule has 1 aliphatic heterocycles. The molecule has 1 unspecified atom stereocenters. The third kappa shape index (κ3) is 2.80. The summed E-state index contributed by atoms with van der Waals surface area (Å²) in [6.45, 7) is 0. The number of rotatable bonds is 2. The first-order chi connectivity index (χ1) is 11.0. The Labute approximate surface area is 135 Å². The van der Waals surface area contributed by atoms with E-state index in [1.807, 2.05) is 0 Å². The van der Waals surface area contributed by atoms with Gasteiger partial charge in [-0.1, -0.05) is 23.7 Å². The number of fused-ring (bicyclic) bond motifs is 1. The minimum Gasteiger partial charge on any atom is -0.479 e. The van der Waals surface area contributed by atoms with Crippen LogP contribution < -0.4 is 5.32 Å². The molecule has 0 radical (unpaired) electrons. The highest BCUT2D eigenvalue weighted by atomic mass is 35.5. The molecule has 2 aromatic rings. The number of benzene rings is 2. The summed E-state index contributed by atoms with van der Waals surface area (Å²) >= 11 is 5.98. The number of carboxylic acid groups (broad SMARTS) is 1. The zero-order valence-corrected chi connectivity index (χ0v) is 12.3. The second kappa shape index (κ2) is 5.81. The van der Waals surface area contributed by atoms with Gasteiger partial charge in [0, 0.05) is 16.1 Å². The molecule has 0 spiro atoms. The van der Waals surface area contributed by atoms with Crippen LogP contribution >= 0.6 is 11.6 Å². The molecule has 5 nitrogen and oxygen atoms in total. The predicted molar refractivity (Wildman–Crippen MR) is 83.5 cm³/mol. The fourth-order valence-corrected chi connectivity index (χ4v) is 2.49. The molecule has 0 saturated carbocycles. The molecule has 3 rings (SSSR count). The highest BCUT2D eigenvalue weighted by molar-refractivity contribution is 6.32. The number of carbonyl (C=O) groups excluding carboxylic acids is 1. The largest absolute Gasteiger partial charge is 0.479 e. The Balaban J connectivity index is 2.29. The monoisotopic (exact) mass is 332 g/mol. The topological polar surface area (TPSA) is 78.8 Å². The Hall–Kier alpha value is -2.73. The van der Waals surface area contributed by atoms with E-state index in [0.29, 0.717) is 16.3 Å². The van der Waals surface area contributed by atoms with Crippen LogP contribution in [0.4, 0.5) is 10.1 Å². The number of carbonyl (C=O) groups is 2. The van der Waals surface area contributed by atoms with Crippen LogP contribution in [0.5, 0.6) is 0 Å². The number of halogens is 2. The molecule has 116 valence electrons. The first-order valence-electron chi connectivity index (χ1n) is 6.63. The average Bonchev–Trinajstić information content (AvgIpc) is 2.64. The number of aliphatic imine (C=N–C) groups is 1. The normalized spacial score (nSPS) is 16.9. The number of nitrogens with one attached hydrogen (secondary N) is 1. The van der Waals surface area contributed by atoms with E-state index in [4.69, 9.17) is 11.6 Å². The van der Waals surface area contributed by atoms with Crippen molar-refractivity contribution in [2.45, 2.75) is 6.04 Å². The van der Waals surface area contributed by atoms with Gasteiger partial charge < -0.3 is 10.4 Å². The van der Waals surface area contributed by atoms with Crippen molar-refractivity contribution in [1.82, 2.24) is 0 Å². The number of hydrogen-bond donors (Lipinski definition) is 2. The standard InChI is InChI=1S/C16H10ClFN2O3/c17-8-5-6-12-10(7-8)13(9-3-1-2-4-11(9)18)20-14(16(22)23)15(21)19-12/h1-7,14H,(H,19,21)(H,22,23). The second-order valence-electron chi connectivity index (χ2n) is 4.88. The predicted octanol–water partition coefficient (Wildman–Crippen LogP) is 2.72. The second-order valence-corrected chi connectivity index (χ2v) is 5.31. The smallest absolute Gasteiger partial charge is 0.338 e. The molecule has 1 heterocycles. The van der Waals surface area contributed by atoms with Crippen molar-refractivity contribution in [3.8, 4) is 0 Å². The van der Waals surface area contributed by atoms with Gasteiger partial charge in [-0.2, -0.15) is 0 Å². The Morgan fingerprint density at radius 2 is 1.96 bits per heavy atom.